The lowest BCUT2D eigenvalue weighted by Gasteiger charge is -2.07. The number of ether oxygens (including phenoxy) is 1. The molecule has 1 N–H and O–H groups in total. The van der Waals surface area contributed by atoms with Gasteiger partial charge in [-0.25, -0.2) is 9.97 Å². The van der Waals surface area contributed by atoms with Gasteiger partial charge in [-0.05, 0) is 37.6 Å². The van der Waals surface area contributed by atoms with Crippen molar-refractivity contribution in [3.63, 3.8) is 0 Å². The van der Waals surface area contributed by atoms with Crippen molar-refractivity contribution >= 4 is 33.5 Å². The van der Waals surface area contributed by atoms with Gasteiger partial charge >= 0.3 is 0 Å². The monoisotopic (exact) mass is 465 g/mol. The Labute approximate surface area is 196 Å². The van der Waals surface area contributed by atoms with E-state index in [1.54, 1.807) is 41.3 Å². The minimum atomic E-state index is 0.775. The van der Waals surface area contributed by atoms with Gasteiger partial charge < -0.3 is 10.1 Å². The van der Waals surface area contributed by atoms with Crippen LogP contribution in [0.5, 0.6) is 5.75 Å². The van der Waals surface area contributed by atoms with Crippen molar-refractivity contribution in [3.8, 4) is 27.0 Å². The Morgan fingerprint density at radius 1 is 0.969 bits per heavy atom. The van der Waals surface area contributed by atoms with Crippen molar-refractivity contribution in [2.75, 3.05) is 11.9 Å². The number of nitrogens with one attached hydrogen (secondary N) is 1. The Kier molecular flexibility index (Phi) is 7.79. The summed E-state index contributed by atoms with van der Waals surface area (Å²) in [6.45, 7) is 5.01. The first-order valence-corrected chi connectivity index (χ1v) is 12.6. The molecule has 3 heterocycles. The zero-order valence-corrected chi connectivity index (χ0v) is 20.0. The molecule has 8 heteroatoms. The van der Waals surface area contributed by atoms with Crippen LogP contribution < -0.4 is 10.1 Å². The number of hydrogen-bond donors (Lipinski definition) is 1. The third-order valence-corrected chi connectivity index (χ3v) is 6.90. The third kappa shape index (κ3) is 5.89. The minimum absolute atomic E-state index is 0.775. The third-order valence-electron chi connectivity index (χ3n) is 4.94. The van der Waals surface area contributed by atoms with Crippen molar-refractivity contribution in [2.24, 2.45) is 0 Å². The largest absolute Gasteiger partial charge is 0.494 e. The summed E-state index contributed by atoms with van der Waals surface area (Å²) in [5.41, 5.74) is 3.64. The number of thiazole rings is 2. The number of hydrogen-bond acceptors (Lipinski definition) is 8. The van der Waals surface area contributed by atoms with Gasteiger partial charge in [-0.2, -0.15) is 0 Å². The van der Waals surface area contributed by atoms with Gasteiger partial charge in [-0.3, -0.25) is 9.97 Å². The molecule has 0 saturated heterocycles. The van der Waals surface area contributed by atoms with Gasteiger partial charge in [0.25, 0.3) is 0 Å². The van der Waals surface area contributed by atoms with Crippen molar-refractivity contribution in [2.45, 2.75) is 46.0 Å². The lowest BCUT2D eigenvalue weighted by molar-refractivity contribution is 0.304. The van der Waals surface area contributed by atoms with Crippen LogP contribution in [0.25, 0.3) is 21.3 Å². The summed E-state index contributed by atoms with van der Waals surface area (Å²) in [7, 11) is 0. The summed E-state index contributed by atoms with van der Waals surface area (Å²) in [6.07, 6.45) is 11.3. The molecule has 6 nitrogen and oxygen atoms in total. The number of aromatic nitrogens is 4. The van der Waals surface area contributed by atoms with Crippen LogP contribution in [-0.4, -0.2) is 26.5 Å². The van der Waals surface area contributed by atoms with E-state index in [0.29, 0.717) is 0 Å². The predicted molar refractivity (Wildman–Crippen MR) is 133 cm³/mol. The summed E-state index contributed by atoms with van der Waals surface area (Å²) < 4.78 is 5.85. The van der Waals surface area contributed by atoms with Crippen molar-refractivity contribution in [1.82, 2.24) is 19.9 Å². The number of nitrogens with zero attached hydrogens (tertiary/aromatic N) is 4. The van der Waals surface area contributed by atoms with Crippen LogP contribution in [0, 0.1) is 6.92 Å². The second kappa shape index (κ2) is 11.2. The Morgan fingerprint density at radius 2 is 1.81 bits per heavy atom. The van der Waals surface area contributed by atoms with E-state index >= 15 is 0 Å². The first-order valence-electron chi connectivity index (χ1n) is 10.9. The summed E-state index contributed by atoms with van der Waals surface area (Å²) >= 11 is 3.16. The number of unbranched alkanes of at least 4 members (excludes halogenated alkanes) is 4. The standard InChI is InChI=1S/C24H27N5OS2/c1-3-4-5-6-7-14-30-19-10-8-18(9-11-19)28-24-29-21(16-31-24)22-17(2)27-23(32-22)20-15-25-12-13-26-20/h8-13,15-16H,3-7,14H2,1-2H3,(H,28,29). The summed E-state index contributed by atoms with van der Waals surface area (Å²) in [4.78, 5) is 18.9. The van der Waals surface area contributed by atoms with Crippen molar-refractivity contribution in [3.05, 3.63) is 53.9 Å². The van der Waals surface area contributed by atoms with Crippen LogP contribution in [0.2, 0.25) is 0 Å². The molecule has 0 saturated carbocycles. The smallest absolute Gasteiger partial charge is 0.187 e. The maximum Gasteiger partial charge on any atom is 0.187 e. The Balaban J connectivity index is 1.34. The molecule has 3 aromatic heterocycles. The molecule has 1 aromatic carbocycles. The highest BCUT2D eigenvalue weighted by atomic mass is 32.1. The van der Waals surface area contributed by atoms with Gasteiger partial charge in [-0.1, -0.05) is 32.6 Å². The zero-order valence-electron chi connectivity index (χ0n) is 18.4. The molecule has 4 aromatic rings. The average molecular weight is 466 g/mol. The maximum atomic E-state index is 5.85. The fraction of sp³-hybridized carbons (Fsp3) is 0.333. The van der Waals surface area contributed by atoms with E-state index in [1.165, 1.54) is 25.7 Å². The molecule has 0 bridgehead atoms. The zero-order chi connectivity index (χ0) is 22.2. The van der Waals surface area contributed by atoms with Crippen LogP contribution in [0.4, 0.5) is 10.8 Å². The fourth-order valence-corrected chi connectivity index (χ4v) is 5.03. The molecular formula is C24H27N5OS2. The van der Waals surface area contributed by atoms with Gasteiger partial charge in [0.15, 0.2) is 5.13 Å². The highest BCUT2D eigenvalue weighted by Crippen LogP contribution is 2.36. The first-order chi connectivity index (χ1) is 15.7. The molecule has 0 atom stereocenters. The Hall–Kier alpha value is -2.84. The van der Waals surface area contributed by atoms with E-state index in [1.807, 2.05) is 31.2 Å². The van der Waals surface area contributed by atoms with Crippen LogP contribution in [0.3, 0.4) is 0 Å². The molecule has 0 spiro atoms. The molecule has 0 aliphatic rings. The average Bonchev–Trinajstić information content (AvgIpc) is 3.44. The summed E-state index contributed by atoms with van der Waals surface area (Å²) in [5, 5.41) is 7.14. The van der Waals surface area contributed by atoms with Gasteiger partial charge in [0.1, 0.15) is 16.5 Å². The minimum Gasteiger partial charge on any atom is -0.494 e. The molecule has 0 unspecified atom stereocenters. The maximum absolute atomic E-state index is 5.85. The highest BCUT2D eigenvalue weighted by Gasteiger charge is 2.15. The number of anilines is 2. The van der Waals surface area contributed by atoms with Crippen molar-refractivity contribution < 1.29 is 4.74 Å². The van der Waals surface area contributed by atoms with Crippen LogP contribution in [0.15, 0.2) is 48.2 Å². The van der Waals surface area contributed by atoms with E-state index in [4.69, 9.17) is 9.72 Å². The van der Waals surface area contributed by atoms with E-state index in [9.17, 15) is 0 Å². The van der Waals surface area contributed by atoms with Crippen molar-refractivity contribution in [1.29, 1.82) is 0 Å². The van der Waals surface area contributed by atoms with Crippen LogP contribution >= 0.6 is 22.7 Å². The number of aryl methyl sites for hydroxylation is 1. The molecule has 0 fully saturated rings. The second-order valence-corrected chi connectivity index (χ2v) is 9.33. The highest BCUT2D eigenvalue weighted by molar-refractivity contribution is 7.19. The lowest BCUT2D eigenvalue weighted by atomic mass is 10.2. The molecule has 0 aliphatic carbocycles. The molecule has 4 rings (SSSR count). The Morgan fingerprint density at radius 3 is 2.59 bits per heavy atom. The molecule has 166 valence electrons. The topological polar surface area (TPSA) is 72.8 Å². The van der Waals surface area contributed by atoms with Gasteiger partial charge in [0.05, 0.1) is 29.1 Å². The molecule has 0 amide bonds. The van der Waals surface area contributed by atoms with E-state index in [0.717, 1.165) is 56.6 Å². The predicted octanol–water partition coefficient (Wildman–Crippen LogP) is 7.12. The molecular weight excluding hydrogens is 438 g/mol. The van der Waals surface area contributed by atoms with E-state index in [2.05, 4.69) is 32.6 Å². The van der Waals surface area contributed by atoms with Crippen LogP contribution in [0.1, 0.15) is 44.7 Å². The Bertz CT molecular complexity index is 1110. The normalized spacial score (nSPS) is 10.9. The molecule has 32 heavy (non-hydrogen) atoms. The lowest BCUT2D eigenvalue weighted by Crippen LogP contribution is -1.97. The number of rotatable bonds is 11. The second-order valence-electron chi connectivity index (χ2n) is 7.47. The van der Waals surface area contributed by atoms with E-state index < -0.39 is 0 Å². The fourth-order valence-electron chi connectivity index (χ4n) is 3.24. The molecule has 0 aliphatic heterocycles. The SMILES string of the molecule is CCCCCCCOc1ccc(Nc2nc(-c3sc(-c4cnccn4)nc3C)cs2)cc1. The van der Waals surface area contributed by atoms with E-state index in [-0.39, 0.29) is 0 Å². The first kappa shape index (κ1) is 22.4. The van der Waals surface area contributed by atoms with Gasteiger partial charge in [-0.15, -0.1) is 22.7 Å². The summed E-state index contributed by atoms with van der Waals surface area (Å²) in [5.74, 6) is 0.905. The number of benzene rings is 1. The summed E-state index contributed by atoms with van der Waals surface area (Å²) in [6, 6.07) is 8.06. The van der Waals surface area contributed by atoms with Crippen LogP contribution in [-0.2, 0) is 0 Å². The van der Waals surface area contributed by atoms with Gasteiger partial charge in [0, 0.05) is 23.5 Å². The van der Waals surface area contributed by atoms with Gasteiger partial charge in [0.2, 0.25) is 0 Å². The molecule has 0 radical (unpaired) electrons. The quantitative estimate of drug-likeness (QED) is 0.238.